The Kier molecular flexibility index (Phi) is 5.83. The Morgan fingerprint density at radius 2 is 1.85 bits per heavy atom. The zero-order valence-electron chi connectivity index (χ0n) is 18.4. The summed E-state index contributed by atoms with van der Waals surface area (Å²) in [5.41, 5.74) is 0.265. The topological polar surface area (TPSA) is 84.9 Å². The highest BCUT2D eigenvalue weighted by Gasteiger charge is 2.46. The minimum Gasteiger partial charge on any atom is -0.441 e. The highest BCUT2D eigenvalue weighted by atomic mass is 19.1. The Hall–Kier alpha value is -4.01. The molecule has 174 valence electrons. The van der Waals surface area contributed by atoms with Crippen LogP contribution in [-0.4, -0.2) is 52.1 Å². The molecule has 2 aliphatic rings. The second-order valence-corrected chi connectivity index (χ2v) is 8.42. The van der Waals surface area contributed by atoms with Gasteiger partial charge in [0.05, 0.1) is 12.2 Å². The number of halogens is 1. The number of hydrogen-bond donors (Lipinski definition) is 0. The molecule has 8 nitrogen and oxygen atoms in total. The van der Waals surface area contributed by atoms with Gasteiger partial charge >= 0.3 is 12.1 Å². The predicted molar refractivity (Wildman–Crippen MR) is 121 cm³/mol. The molecule has 0 N–H and O–H groups in total. The van der Waals surface area contributed by atoms with Crippen molar-refractivity contribution in [2.75, 3.05) is 24.5 Å². The van der Waals surface area contributed by atoms with Crippen molar-refractivity contribution in [3.8, 4) is 11.8 Å². The first kappa shape index (κ1) is 21.8. The first-order valence-electron chi connectivity index (χ1n) is 11.1. The predicted octanol–water partition coefficient (Wildman–Crippen LogP) is 4.43. The van der Waals surface area contributed by atoms with Gasteiger partial charge < -0.3 is 14.4 Å². The summed E-state index contributed by atoms with van der Waals surface area (Å²) in [5.74, 6) is -0.0597. The number of hydrogen-bond acceptors (Lipinski definition) is 6. The smallest absolute Gasteiger partial charge is 0.415 e. The molecular formula is C25H23FN4O4. The third-order valence-corrected chi connectivity index (χ3v) is 6.11. The monoisotopic (exact) mass is 462 g/mol. The Morgan fingerprint density at radius 3 is 2.68 bits per heavy atom. The molecule has 1 aromatic heterocycles. The van der Waals surface area contributed by atoms with Crippen molar-refractivity contribution in [3.63, 3.8) is 0 Å². The summed E-state index contributed by atoms with van der Waals surface area (Å²) in [4.78, 5) is 37.1. The minimum absolute atomic E-state index is 0.122. The number of carbonyl (C=O) groups is 2. The molecular weight excluding hydrogens is 439 g/mol. The van der Waals surface area contributed by atoms with Crippen LogP contribution in [0.3, 0.4) is 0 Å². The number of carbonyl (C=O) groups excluding carboxylic acids is 2. The molecule has 2 aliphatic heterocycles. The van der Waals surface area contributed by atoms with Crippen LogP contribution in [0, 0.1) is 5.82 Å². The van der Waals surface area contributed by atoms with Crippen molar-refractivity contribution in [1.29, 1.82) is 0 Å². The van der Waals surface area contributed by atoms with E-state index in [1.807, 2.05) is 0 Å². The fourth-order valence-corrected chi connectivity index (χ4v) is 4.42. The minimum atomic E-state index is -0.700. The number of likely N-dealkylation sites (tertiary alicyclic amines) is 1. The van der Waals surface area contributed by atoms with E-state index in [-0.39, 0.29) is 11.9 Å². The number of anilines is 1. The zero-order valence-corrected chi connectivity index (χ0v) is 18.4. The molecule has 0 bridgehead atoms. The third-order valence-electron chi connectivity index (χ3n) is 6.11. The summed E-state index contributed by atoms with van der Waals surface area (Å²) < 4.78 is 25.1. The van der Waals surface area contributed by atoms with Gasteiger partial charge in [0.15, 0.2) is 0 Å². The quantitative estimate of drug-likeness (QED) is 0.570. The average Bonchev–Trinajstić information content (AvgIpc) is 3.03. The molecule has 0 saturated carbocycles. The van der Waals surface area contributed by atoms with Crippen LogP contribution in [0.5, 0.6) is 11.8 Å². The lowest BCUT2D eigenvalue weighted by Crippen LogP contribution is -2.37. The number of aromatic nitrogens is 2. The molecule has 2 saturated heterocycles. The maximum Gasteiger partial charge on any atom is 0.415 e. The van der Waals surface area contributed by atoms with Crippen LogP contribution in [0.25, 0.3) is 0 Å². The summed E-state index contributed by atoms with van der Waals surface area (Å²) in [6, 6.07) is 14.7. The lowest BCUT2D eigenvalue weighted by Gasteiger charge is -2.25. The SMILES string of the molecule is O=C(c1cccc(Oc2ncccn2)c1)N1CCC[C@@]2(CC1)CN(c1cccc(F)c1)C(=O)O2. The standard InChI is InChI=1S/C25H23FN4O4/c26-19-6-2-7-20(16-19)30-17-25(34-24(30)32)9-3-13-29(14-10-25)22(31)18-5-1-8-21(15-18)33-23-27-11-4-12-28-23/h1-2,4-8,11-12,15-16H,3,9-10,13-14,17H2/t25-/m1/s1. The number of benzene rings is 2. The normalized spacial score (nSPS) is 20.2. The van der Waals surface area contributed by atoms with Crippen LogP contribution in [0.1, 0.15) is 29.6 Å². The first-order chi connectivity index (χ1) is 16.5. The second kappa shape index (κ2) is 9.09. The number of rotatable bonds is 4. The van der Waals surface area contributed by atoms with Gasteiger partial charge in [-0.05, 0) is 55.3 Å². The van der Waals surface area contributed by atoms with Crippen LogP contribution >= 0.6 is 0 Å². The molecule has 2 fully saturated rings. The van der Waals surface area contributed by atoms with Crippen molar-refractivity contribution in [1.82, 2.24) is 14.9 Å². The molecule has 0 unspecified atom stereocenters. The van der Waals surface area contributed by atoms with Gasteiger partial charge in [0.1, 0.15) is 17.2 Å². The van der Waals surface area contributed by atoms with Gasteiger partial charge in [0.25, 0.3) is 5.91 Å². The summed E-state index contributed by atoms with van der Waals surface area (Å²) >= 11 is 0. The number of amides is 2. The van der Waals surface area contributed by atoms with E-state index in [4.69, 9.17) is 9.47 Å². The third kappa shape index (κ3) is 4.54. The summed E-state index contributed by atoms with van der Waals surface area (Å²) in [6.07, 6.45) is 4.49. The van der Waals surface area contributed by atoms with Gasteiger partial charge in [-0.15, -0.1) is 0 Å². The van der Waals surface area contributed by atoms with E-state index in [0.717, 1.165) is 0 Å². The lowest BCUT2D eigenvalue weighted by atomic mass is 9.95. The molecule has 5 rings (SSSR count). The molecule has 1 spiro atoms. The Morgan fingerprint density at radius 1 is 1.03 bits per heavy atom. The molecule has 1 atom stereocenters. The zero-order chi connectivity index (χ0) is 23.5. The Bertz CT molecular complexity index is 1210. The van der Waals surface area contributed by atoms with Crippen molar-refractivity contribution < 1.29 is 23.5 Å². The molecule has 3 heterocycles. The van der Waals surface area contributed by atoms with Gasteiger partial charge in [-0.3, -0.25) is 9.69 Å². The maximum absolute atomic E-state index is 13.7. The van der Waals surface area contributed by atoms with Crippen molar-refractivity contribution in [2.45, 2.75) is 24.9 Å². The van der Waals surface area contributed by atoms with Gasteiger partial charge in [0, 0.05) is 37.5 Å². The van der Waals surface area contributed by atoms with E-state index in [1.54, 1.807) is 59.8 Å². The van der Waals surface area contributed by atoms with Crippen LogP contribution in [-0.2, 0) is 4.74 Å². The first-order valence-corrected chi connectivity index (χ1v) is 11.1. The van der Waals surface area contributed by atoms with Gasteiger partial charge in [-0.2, -0.15) is 0 Å². The fraction of sp³-hybridized carbons (Fsp3) is 0.280. The van der Waals surface area contributed by atoms with Gasteiger partial charge in [-0.1, -0.05) is 12.1 Å². The molecule has 9 heteroatoms. The van der Waals surface area contributed by atoms with Crippen LogP contribution in [0.2, 0.25) is 0 Å². The molecule has 34 heavy (non-hydrogen) atoms. The van der Waals surface area contributed by atoms with Crippen molar-refractivity contribution in [3.05, 3.63) is 78.4 Å². The largest absolute Gasteiger partial charge is 0.441 e. The van der Waals surface area contributed by atoms with E-state index < -0.39 is 17.5 Å². The van der Waals surface area contributed by atoms with E-state index in [0.29, 0.717) is 55.9 Å². The van der Waals surface area contributed by atoms with E-state index >= 15 is 0 Å². The summed E-state index contributed by atoms with van der Waals surface area (Å²) in [7, 11) is 0. The lowest BCUT2D eigenvalue weighted by molar-refractivity contribution is 0.0438. The number of nitrogens with zero attached hydrogens (tertiary/aromatic N) is 4. The summed E-state index contributed by atoms with van der Waals surface area (Å²) in [6.45, 7) is 1.32. The Labute approximate surface area is 195 Å². The highest BCUT2D eigenvalue weighted by molar-refractivity contribution is 5.94. The summed E-state index contributed by atoms with van der Waals surface area (Å²) in [5, 5.41) is 0. The second-order valence-electron chi connectivity index (χ2n) is 8.42. The van der Waals surface area contributed by atoms with Crippen LogP contribution in [0.4, 0.5) is 14.9 Å². The number of ether oxygens (including phenoxy) is 2. The average molecular weight is 462 g/mol. The van der Waals surface area contributed by atoms with Gasteiger partial charge in [-0.25, -0.2) is 19.2 Å². The molecule has 2 aromatic carbocycles. The molecule has 2 amide bonds. The van der Waals surface area contributed by atoms with E-state index in [2.05, 4.69) is 9.97 Å². The Balaban J connectivity index is 1.27. The van der Waals surface area contributed by atoms with Crippen LogP contribution < -0.4 is 9.64 Å². The molecule has 0 aliphatic carbocycles. The molecule has 0 radical (unpaired) electrons. The van der Waals surface area contributed by atoms with Gasteiger partial charge in [0.2, 0.25) is 0 Å². The van der Waals surface area contributed by atoms with Crippen LogP contribution in [0.15, 0.2) is 67.0 Å². The molecule has 3 aromatic rings. The van der Waals surface area contributed by atoms with Crippen molar-refractivity contribution >= 4 is 17.7 Å². The van der Waals surface area contributed by atoms with E-state index in [9.17, 15) is 14.0 Å². The maximum atomic E-state index is 13.7. The van der Waals surface area contributed by atoms with E-state index in [1.165, 1.54) is 17.0 Å². The highest BCUT2D eigenvalue weighted by Crippen LogP contribution is 2.36. The fourth-order valence-electron chi connectivity index (χ4n) is 4.42. The van der Waals surface area contributed by atoms with Crippen molar-refractivity contribution in [2.24, 2.45) is 0 Å².